The first-order valence-electron chi connectivity index (χ1n) is 9.72. The largest absolute Gasteiger partial charge is 0.493 e. The molecule has 31 heavy (non-hydrogen) atoms. The van der Waals surface area contributed by atoms with Gasteiger partial charge in [-0.3, -0.25) is 19.8 Å². The van der Waals surface area contributed by atoms with E-state index in [1.165, 1.54) is 23.5 Å². The van der Waals surface area contributed by atoms with Crippen LogP contribution in [0.3, 0.4) is 0 Å². The van der Waals surface area contributed by atoms with E-state index in [-0.39, 0.29) is 10.9 Å². The molecule has 0 spiro atoms. The van der Waals surface area contributed by atoms with E-state index in [4.69, 9.17) is 9.47 Å². The molecule has 2 aromatic heterocycles. The fourth-order valence-electron chi connectivity index (χ4n) is 3.10. The number of thiophene rings is 1. The van der Waals surface area contributed by atoms with Gasteiger partial charge in [-0.1, -0.05) is 36.5 Å². The molecule has 0 bridgehead atoms. The Morgan fingerprint density at radius 2 is 1.77 bits per heavy atom. The first-order chi connectivity index (χ1) is 14.9. The average Bonchev–Trinajstić information content (AvgIpc) is 3.42. The van der Waals surface area contributed by atoms with Gasteiger partial charge >= 0.3 is 5.00 Å². The van der Waals surface area contributed by atoms with Crippen molar-refractivity contribution < 1.29 is 19.2 Å². The Morgan fingerprint density at radius 1 is 1.10 bits per heavy atom. The zero-order valence-corrected chi connectivity index (χ0v) is 19.4. The topological polar surface area (TPSA) is 98.0 Å². The van der Waals surface area contributed by atoms with Gasteiger partial charge in [0.05, 0.1) is 34.2 Å². The minimum atomic E-state index is -0.488. The van der Waals surface area contributed by atoms with E-state index in [0.717, 1.165) is 29.1 Å². The highest BCUT2D eigenvalue weighted by molar-refractivity contribution is 7.22. The van der Waals surface area contributed by atoms with Crippen molar-refractivity contribution >= 4 is 48.9 Å². The number of likely N-dealkylation sites (N-methyl/N-ethyl adjacent to an activating group) is 1. The van der Waals surface area contributed by atoms with Crippen molar-refractivity contribution in [2.45, 2.75) is 13.8 Å². The predicted octanol–water partition coefficient (Wildman–Crippen LogP) is 4.27. The van der Waals surface area contributed by atoms with Crippen LogP contribution in [0.1, 0.15) is 23.5 Å². The molecule has 0 fully saturated rings. The van der Waals surface area contributed by atoms with Crippen LogP contribution in [0.25, 0.3) is 10.2 Å². The molecule has 0 N–H and O–H groups in total. The van der Waals surface area contributed by atoms with Gasteiger partial charge in [-0.15, -0.1) is 0 Å². The van der Waals surface area contributed by atoms with Gasteiger partial charge in [0.2, 0.25) is 0 Å². The second-order valence-electron chi connectivity index (χ2n) is 6.55. The lowest BCUT2D eigenvalue weighted by atomic mass is 10.3. The number of hydrogen-bond acceptors (Lipinski definition) is 9. The van der Waals surface area contributed by atoms with Crippen LogP contribution in [-0.2, 0) is 0 Å². The van der Waals surface area contributed by atoms with E-state index < -0.39 is 4.92 Å². The van der Waals surface area contributed by atoms with E-state index >= 15 is 0 Å². The summed E-state index contributed by atoms with van der Waals surface area (Å²) in [5, 5.41) is 11.5. The third-order valence-electron chi connectivity index (χ3n) is 4.88. The molecule has 0 unspecified atom stereocenters. The maximum Gasteiger partial charge on any atom is 0.324 e. The van der Waals surface area contributed by atoms with Crippen LogP contribution >= 0.6 is 22.7 Å². The molecule has 11 heteroatoms. The number of carbonyl (C=O) groups is 1. The number of anilines is 1. The van der Waals surface area contributed by atoms with Crippen LogP contribution in [0.4, 0.5) is 10.1 Å². The number of nitrogens with zero attached hydrogens (tertiary/aromatic N) is 4. The minimum Gasteiger partial charge on any atom is -0.493 e. The van der Waals surface area contributed by atoms with Gasteiger partial charge in [0.15, 0.2) is 16.6 Å². The van der Waals surface area contributed by atoms with Crippen LogP contribution in [0.15, 0.2) is 24.3 Å². The first-order valence-corrected chi connectivity index (χ1v) is 11.4. The molecule has 0 saturated carbocycles. The molecule has 1 amide bonds. The van der Waals surface area contributed by atoms with E-state index in [1.54, 1.807) is 25.2 Å². The highest BCUT2D eigenvalue weighted by atomic mass is 32.1. The highest BCUT2D eigenvalue weighted by Gasteiger charge is 2.25. The van der Waals surface area contributed by atoms with Crippen LogP contribution < -0.4 is 14.4 Å². The van der Waals surface area contributed by atoms with Crippen LogP contribution in [0.2, 0.25) is 0 Å². The molecule has 9 nitrogen and oxygen atoms in total. The molecule has 2 heterocycles. The number of fused-ring (bicyclic) bond motifs is 1. The molecule has 0 atom stereocenters. The Labute approximate surface area is 188 Å². The number of benzene rings is 1. The van der Waals surface area contributed by atoms with Crippen molar-refractivity contribution in [2.24, 2.45) is 0 Å². The molecule has 166 valence electrons. The van der Waals surface area contributed by atoms with Gasteiger partial charge in [-0.25, -0.2) is 4.98 Å². The summed E-state index contributed by atoms with van der Waals surface area (Å²) < 4.78 is 11.6. The van der Waals surface area contributed by atoms with Crippen molar-refractivity contribution in [3.05, 3.63) is 39.3 Å². The summed E-state index contributed by atoms with van der Waals surface area (Å²) in [6.07, 6.45) is 0. The lowest BCUT2D eigenvalue weighted by Crippen LogP contribution is -2.38. The summed E-state index contributed by atoms with van der Waals surface area (Å²) in [6, 6.07) is 6.46. The fraction of sp³-hybridized carbons (Fsp3) is 0.400. The summed E-state index contributed by atoms with van der Waals surface area (Å²) in [5.74, 6) is 0.838. The summed E-state index contributed by atoms with van der Waals surface area (Å²) in [6.45, 7) is 6.92. The van der Waals surface area contributed by atoms with Crippen molar-refractivity contribution in [1.82, 2.24) is 9.88 Å². The van der Waals surface area contributed by atoms with E-state index in [9.17, 15) is 14.9 Å². The van der Waals surface area contributed by atoms with Gasteiger partial charge in [-0.05, 0) is 19.2 Å². The van der Waals surface area contributed by atoms with Crippen LogP contribution in [0.5, 0.6) is 11.5 Å². The SMILES string of the molecule is CCN(CC)CCN(C(=O)c1ccc([N+](=O)[O-])s1)c1nc2cc(OC)c(OC)cc2s1. The molecule has 0 saturated heterocycles. The number of thiazole rings is 1. The Morgan fingerprint density at radius 3 is 2.35 bits per heavy atom. The Kier molecular flexibility index (Phi) is 7.42. The van der Waals surface area contributed by atoms with Gasteiger partial charge in [0, 0.05) is 31.3 Å². The zero-order valence-electron chi connectivity index (χ0n) is 17.8. The van der Waals surface area contributed by atoms with Crippen molar-refractivity contribution in [3.8, 4) is 11.5 Å². The molecule has 3 aromatic rings. The number of carbonyl (C=O) groups excluding carboxylic acids is 1. The molecule has 0 aliphatic carbocycles. The standard InChI is InChI=1S/C20H24N4O5S2/c1-5-22(6-2)9-10-23(19(25)16-7-8-18(30-16)24(26)27)20-21-13-11-14(28-3)15(29-4)12-17(13)31-20/h7-8,11-12H,5-6,9-10H2,1-4H3. The summed E-state index contributed by atoms with van der Waals surface area (Å²) in [7, 11) is 3.12. The van der Waals surface area contributed by atoms with Crippen LogP contribution in [0, 0.1) is 10.1 Å². The molecule has 1 aromatic carbocycles. The first kappa shape index (κ1) is 22.9. The summed E-state index contributed by atoms with van der Waals surface area (Å²) in [4.78, 5) is 32.6. The van der Waals surface area contributed by atoms with Crippen molar-refractivity contribution in [3.63, 3.8) is 0 Å². The monoisotopic (exact) mass is 464 g/mol. The molecule has 0 aliphatic rings. The van der Waals surface area contributed by atoms with Crippen LogP contribution in [-0.4, -0.2) is 61.1 Å². The Bertz CT molecular complexity index is 1040. The minimum absolute atomic E-state index is 0.0641. The van der Waals surface area contributed by atoms with E-state index in [1.807, 2.05) is 6.07 Å². The summed E-state index contributed by atoms with van der Waals surface area (Å²) in [5.41, 5.74) is 0.690. The molecular formula is C20H24N4O5S2. The zero-order chi connectivity index (χ0) is 22.5. The van der Waals surface area contributed by atoms with Gasteiger partial charge in [-0.2, -0.15) is 0 Å². The van der Waals surface area contributed by atoms with Gasteiger partial charge in [0.25, 0.3) is 5.91 Å². The predicted molar refractivity (Wildman–Crippen MR) is 123 cm³/mol. The number of amides is 1. The quantitative estimate of drug-likeness (QED) is 0.326. The Balaban J connectivity index is 2.00. The van der Waals surface area contributed by atoms with Gasteiger partial charge < -0.3 is 14.4 Å². The maximum absolute atomic E-state index is 13.3. The average molecular weight is 465 g/mol. The highest BCUT2D eigenvalue weighted by Crippen LogP contribution is 2.38. The second-order valence-corrected chi connectivity index (χ2v) is 8.62. The fourth-order valence-corrected chi connectivity index (χ4v) is 4.87. The molecule has 3 rings (SSSR count). The molecule has 0 aliphatic heterocycles. The lowest BCUT2D eigenvalue weighted by Gasteiger charge is -2.24. The summed E-state index contributed by atoms with van der Waals surface area (Å²) >= 11 is 2.24. The smallest absolute Gasteiger partial charge is 0.324 e. The number of hydrogen-bond donors (Lipinski definition) is 0. The third-order valence-corrected chi connectivity index (χ3v) is 6.94. The molecule has 0 radical (unpaired) electrons. The number of ether oxygens (including phenoxy) is 2. The number of rotatable bonds is 10. The second kappa shape index (κ2) is 10.0. The van der Waals surface area contributed by atoms with Gasteiger partial charge in [0.1, 0.15) is 0 Å². The molecular weight excluding hydrogens is 440 g/mol. The van der Waals surface area contributed by atoms with Crippen molar-refractivity contribution in [1.29, 1.82) is 0 Å². The number of methoxy groups -OCH3 is 2. The maximum atomic E-state index is 13.3. The van der Waals surface area contributed by atoms with Crippen molar-refractivity contribution in [2.75, 3.05) is 45.3 Å². The Hall–Kier alpha value is -2.76. The number of aromatic nitrogens is 1. The third kappa shape index (κ3) is 4.94. The normalized spacial score (nSPS) is 11.1. The van der Waals surface area contributed by atoms with E-state index in [2.05, 4.69) is 23.7 Å². The lowest BCUT2D eigenvalue weighted by molar-refractivity contribution is -0.380. The number of nitro groups is 1. The van der Waals surface area contributed by atoms with E-state index in [0.29, 0.717) is 40.1 Å².